The van der Waals surface area contributed by atoms with E-state index in [1.54, 1.807) is 0 Å². The molecule has 1 amide bonds. The molecule has 0 heterocycles. The third kappa shape index (κ3) is 10.2. The summed E-state index contributed by atoms with van der Waals surface area (Å²) >= 11 is 0. The van der Waals surface area contributed by atoms with Crippen molar-refractivity contribution in [3.63, 3.8) is 0 Å². The Kier molecular flexibility index (Phi) is 11.7. The highest BCUT2D eigenvalue weighted by atomic mass is 16.5. The molecule has 0 radical (unpaired) electrons. The largest absolute Gasteiger partial charge is 0.380 e. The van der Waals surface area contributed by atoms with Gasteiger partial charge in [-0.05, 0) is 40.2 Å². The van der Waals surface area contributed by atoms with Gasteiger partial charge in [0.2, 0.25) is 5.91 Å². The second-order valence-corrected chi connectivity index (χ2v) is 5.32. The number of hydrogen-bond donors (Lipinski definition) is 0. The number of amides is 1. The van der Waals surface area contributed by atoms with E-state index in [0.29, 0.717) is 19.6 Å². The lowest BCUT2D eigenvalue weighted by molar-refractivity contribution is -0.131. The molecule has 0 saturated carbocycles. The van der Waals surface area contributed by atoms with Crippen LogP contribution in [0.3, 0.4) is 0 Å². The van der Waals surface area contributed by atoms with Gasteiger partial charge in [0.05, 0.1) is 19.6 Å². The van der Waals surface area contributed by atoms with Crippen molar-refractivity contribution in [2.45, 2.75) is 26.7 Å². The van der Waals surface area contributed by atoms with Gasteiger partial charge in [-0.3, -0.25) is 4.79 Å². The Hall–Kier alpha value is -0.650. The normalized spacial score (nSPS) is 11.3. The monoisotopic (exact) mass is 287 g/mol. The third-order valence-electron chi connectivity index (χ3n) is 3.62. The number of carbonyl (C=O) groups is 1. The zero-order chi connectivity index (χ0) is 15.4. The standard InChI is InChI=1S/C15H33N3O2/c1-6-16(3)10-8-11-18(5)15(19)9-13-20-14-12-17(4)7-2/h6-14H2,1-5H3. The van der Waals surface area contributed by atoms with Crippen LogP contribution in [0.4, 0.5) is 0 Å². The molecule has 0 aliphatic rings. The summed E-state index contributed by atoms with van der Waals surface area (Å²) in [6.07, 6.45) is 1.50. The highest BCUT2D eigenvalue weighted by Gasteiger charge is 2.08. The minimum Gasteiger partial charge on any atom is -0.380 e. The number of hydrogen-bond acceptors (Lipinski definition) is 4. The lowest BCUT2D eigenvalue weighted by atomic mass is 10.3. The SMILES string of the molecule is CCN(C)CCCN(C)C(=O)CCOCCN(C)CC. The molecule has 0 atom stereocenters. The zero-order valence-electron chi connectivity index (χ0n) is 14.0. The van der Waals surface area contributed by atoms with E-state index in [2.05, 4.69) is 37.7 Å². The van der Waals surface area contributed by atoms with Crippen LogP contribution in [0.2, 0.25) is 0 Å². The van der Waals surface area contributed by atoms with Gasteiger partial charge in [-0.15, -0.1) is 0 Å². The first-order valence-corrected chi connectivity index (χ1v) is 7.70. The summed E-state index contributed by atoms with van der Waals surface area (Å²) < 4.78 is 5.49. The maximum atomic E-state index is 11.9. The van der Waals surface area contributed by atoms with Gasteiger partial charge < -0.3 is 19.4 Å². The number of rotatable bonds is 12. The van der Waals surface area contributed by atoms with Gasteiger partial charge >= 0.3 is 0 Å². The Morgan fingerprint density at radius 1 is 0.900 bits per heavy atom. The Morgan fingerprint density at radius 3 is 2.10 bits per heavy atom. The summed E-state index contributed by atoms with van der Waals surface area (Å²) in [7, 11) is 6.04. The third-order valence-corrected chi connectivity index (χ3v) is 3.62. The van der Waals surface area contributed by atoms with Crippen LogP contribution in [-0.2, 0) is 9.53 Å². The molecule has 0 saturated heterocycles. The second-order valence-electron chi connectivity index (χ2n) is 5.32. The molecule has 0 N–H and O–H groups in total. The van der Waals surface area contributed by atoms with Crippen LogP contribution in [-0.4, -0.2) is 87.7 Å². The van der Waals surface area contributed by atoms with Gasteiger partial charge in [-0.25, -0.2) is 0 Å². The van der Waals surface area contributed by atoms with Gasteiger partial charge in [-0.2, -0.15) is 0 Å². The Labute approximate surface area is 124 Å². The van der Waals surface area contributed by atoms with Gasteiger partial charge in [0.1, 0.15) is 0 Å². The molecule has 0 unspecified atom stereocenters. The molecule has 20 heavy (non-hydrogen) atoms. The van der Waals surface area contributed by atoms with Crippen LogP contribution >= 0.6 is 0 Å². The molecular formula is C15H33N3O2. The molecule has 0 aliphatic carbocycles. The quantitative estimate of drug-likeness (QED) is 0.504. The first-order valence-electron chi connectivity index (χ1n) is 7.70. The van der Waals surface area contributed by atoms with E-state index in [1.165, 1.54) is 0 Å². The molecule has 0 bridgehead atoms. The van der Waals surface area contributed by atoms with E-state index in [-0.39, 0.29) is 5.91 Å². The van der Waals surface area contributed by atoms with E-state index >= 15 is 0 Å². The van der Waals surface area contributed by atoms with Crippen LogP contribution < -0.4 is 0 Å². The van der Waals surface area contributed by atoms with Crippen molar-refractivity contribution in [1.29, 1.82) is 0 Å². The predicted molar refractivity (Wildman–Crippen MR) is 84.0 cm³/mol. The fourth-order valence-electron chi connectivity index (χ4n) is 1.69. The van der Waals surface area contributed by atoms with Gasteiger partial charge in [-0.1, -0.05) is 13.8 Å². The second kappa shape index (κ2) is 12.1. The van der Waals surface area contributed by atoms with Crippen LogP contribution in [0.5, 0.6) is 0 Å². The minimum atomic E-state index is 0.174. The van der Waals surface area contributed by atoms with E-state index in [0.717, 1.165) is 39.1 Å². The molecule has 0 rings (SSSR count). The Morgan fingerprint density at radius 2 is 1.50 bits per heavy atom. The molecule has 0 spiro atoms. The molecular weight excluding hydrogens is 254 g/mol. The highest BCUT2D eigenvalue weighted by molar-refractivity contribution is 5.75. The van der Waals surface area contributed by atoms with E-state index in [4.69, 9.17) is 4.74 Å². The summed E-state index contributed by atoms with van der Waals surface area (Å²) in [4.78, 5) is 18.1. The molecule has 0 aliphatic heterocycles. The van der Waals surface area contributed by atoms with Crippen molar-refractivity contribution in [2.24, 2.45) is 0 Å². The summed E-state index contributed by atoms with van der Waals surface area (Å²) in [5.74, 6) is 0.174. The van der Waals surface area contributed by atoms with Crippen molar-refractivity contribution >= 4 is 5.91 Å². The van der Waals surface area contributed by atoms with Crippen LogP contribution in [0.15, 0.2) is 0 Å². The maximum absolute atomic E-state index is 11.9. The van der Waals surface area contributed by atoms with Gasteiger partial charge in [0.25, 0.3) is 0 Å². The van der Waals surface area contributed by atoms with Crippen molar-refractivity contribution in [2.75, 3.05) is 67.1 Å². The van der Waals surface area contributed by atoms with Crippen molar-refractivity contribution < 1.29 is 9.53 Å². The summed E-state index contributed by atoms with van der Waals surface area (Å²) in [6, 6.07) is 0. The fraction of sp³-hybridized carbons (Fsp3) is 0.933. The van der Waals surface area contributed by atoms with Crippen molar-refractivity contribution in [3.8, 4) is 0 Å². The first kappa shape index (κ1) is 19.4. The Balaban J connectivity index is 3.55. The summed E-state index contributed by atoms with van der Waals surface area (Å²) in [6.45, 7) is 10.3. The number of likely N-dealkylation sites (N-methyl/N-ethyl adjacent to an activating group) is 1. The molecule has 0 aromatic rings. The van der Waals surface area contributed by atoms with Crippen LogP contribution in [0.1, 0.15) is 26.7 Å². The lowest BCUT2D eigenvalue weighted by Crippen LogP contribution is -2.31. The maximum Gasteiger partial charge on any atom is 0.224 e. The van der Waals surface area contributed by atoms with Crippen LogP contribution in [0, 0.1) is 0 Å². The van der Waals surface area contributed by atoms with Crippen molar-refractivity contribution in [3.05, 3.63) is 0 Å². The number of carbonyl (C=O) groups excluding carboxylic acids is 1. The molecule has 5 nitrogen and oxygen atoms in total. The fourth-order valence-corrected chi connectivity index (χ4v) is 1.69. The molecule has 5 heteroatoms. The summed E-state index contributed by atoms with van der Waals surface area (Å²) in [5, 5.41) is 0. The van der Waals surface area contributed by atoms with Gasteiger partial charge in [0, 0.05) is 20.1 Å². The highest BCUT2D eigenvalue weighted by Crippen LogP contribution is 1.96. The average molecular weight is 287 g/mol. The molecule has 0 aromatic heterocycles. The Bertz CT molecular complexity index is 249. The lowest BCUT2D eigenvalue weighted by Gasteiger charge is -2.20. The smallest absolute Gasteiger partial charge is 0.224 e. The molecule has 0 aromatic carbocycles. The predicted octanol–water partition coefficient (Wildman–Crippen LogP) is 1.15. The minimum absolute atomic E-state index is 0.174. The average Bonchev–Trinajstić information content (AvgIpc) is 2.45. The van der Waals surface area contributed by atoms with E-state index < -0.39 is 0 Å². The van der Waals surface area contributed by atoms with Crippen LogP contribution in [0.25, 0.3) is 0 Å². The first-order chi connectivity index (χ1) is 9.51. The summed E-state index contributed by atoms with van der Waals surface area (Å²) in [5.41, 5.74) is 0. The molecule has 0 fully saturated rings. The molecule has 120 valence electrons. The van der Waals surface area contributed by atoms with E-state index in [1.807, 2.05) is 11.9 Å². The van der Waals surface area contributed by atoms with Gasteiger partial charge in [0.15, 0.2) is 0 Å². The number of nitrogens with zero attached hydrogens (tertiary/aromatic N) is 3. The number of ether oxygens (including phenoxy) is 1. The topological polar surface area (TPSA) is 36.0 Å². The van der Waals surface area contributed by atoms with E-state index in [9.17, 15) is 4.79 Å². The zero-order valence-corrected chi connectivity index (χ0v) is 14.0. The van der Waals surface area contributed by atoms with Crippen molar-refractivity contribution in [1.82, 2.24) is 14.7 Å².